The van der Waals surface area contributed by atoms with Crippen LogP contribution in [-0.4, -0.2) is 24.1 Å². The third-order valence-electron chi connectivity index (χ3n) is 5.38. The van der Waals surface area contributed by atoms with Gasteiger partial charge in [0.05, 0.1) is 5.60 Å². The fourth-order valence-electron chi connectivity index (χ4n) is 3.86. The fourth-order valence-corrected chi connectivity index (χ4v) is 3.86. The van der Waals surface area contributed by atoms with Crippen LogP contribution in [0.1, 0.15) is 36.8 Å². The third kappa shape index (κ3) is 2.57. The smallest absolute Gasteiger partial charge is 0.0898 e. The fraction of sp³-hybridized carbons (Fsp3) is 0.400. The van der Waals surface area contributed by atoms with E-state index in [4.69, 9.17) is 0 Å². The first kappa shape index (κ1) is 15.3. The van der Waals surface area contributed by atoms with Gasteiger partial charge >= 0.3 is 0 Å². The van der Waals surface area contributed by atoms with Gasteiger partial charge in [-0.3, -0.25) is 4.90 Å². The summed E-state index contributed by atoms with van der Waals surface area (Å²) in [6, 6.07) is 20.8. The molecule has 2 aromatic carbocycles. The zero-order valence-corrected chi connectivity index (χ0v) is 13.5. The van der Waals surface area contributed by atoms with Crippen molar-refractivity contribution in [3.8, 4) is 0 Å². The van der Waals surface area contributed by atoms with E-state index >= 15 is 0 Å². The average Bonchev–Trinajstić information content (AvgIpc) is 2.57. The minimum atomic E-state index is -0.685. The molecule has 1 saturated carbocycles. The number of hydrogen-bond acceptors (Lipinski definition) is 2. The van der Waals surface area contributed by atoms with Crippen LogP contribution in [0.25, 0.3) is 0 Å². The average molecular weight is 295 g/mol. The van der Waals surface area contributed by atoms with Gasteiger partial charge in [0, 0.05) is 5.54 Å². The van der Waals surface area contributed by atoms with Gasteiger partial charge in [-0.15, -0.1) is 0 Å². The molecule has 0 heterocycles. The number of benzene rings is 2. The summed E-state index contributed by atoms with van der Waals surface area (Å²) in [6.07, 6.45) is 3.53. The molecule has 2 aromatic rings. The molecule has 1 aliphatic carbocycles. The number of rotatable bonds is 3. The summed E-state index contributed by atoms with van der Waals surface area (Å²) >= 11 is 0. The first-order valence-corrected chi connectivity index (χ1v) is 8.08. The van der Waals surface area contributed by atoms with Gasteiger partial charge in [0.1, 0.15) is 0 Å². The first-order valence-electron chi connectivity index (χ1n) is 8.08. The lowest BCUT2D eigenvalue weighted by Crippen LogP contribution is -2.48. The summed E-state index contributed by atoms with van der Waals surface area (Å²) < 4.78 is 0. The second-order valence-electron chi connectivity index (χ2n) is 6.69. The van der Waals surface area contributed by atoms with Crippen LogP contribution in [0, 0.1) is 0 Å². The molecule has 2 nitrogen and oxygen atoms in total. The third-order valence-corrected chi connectivity index (χ3v) is 5.38. The molecule has 0 aromatic heterocycles. The van der Waals surface area contributed by atoms with E-state index in [0.717, 1.165) is 31.2 Å². The highest BCUT2D eigenvalue weighted by molar-refractivity contribution is 5.29. The SMILES string of the molecule is CN(C)C1(c2ccccc2)CCC(O)(c2ccccc2)CC1. The van der Waals surface area contributed by atoms with Crippen LogP contribution in [0.4, 0.5) is 0 Å². The Kier molecular flexibility index (Phi) is 4.07. The Morgan fingerprint density at radius 3 is 1.64 bits per heavy atom. The van der Waals surface area contributed by atoms with Crippen molar-refractivity contribution in [2.45, 2.75) is 36.8 Å². The molecule has 0 unspecified atom stereocenters. The van der Waals surface area contributed by atoms with Gasteiger partial charge < -0.3 is 5.11 Å². The van der Waals surface area contributed by atoms with Crippen molar-refractivity contribution in [1.82, 2.24) is 4.90 Å². The van der Waals surface area contributed by atoms with E-state index in [1.165, 1.54) is 5.56 Å². The molecular formula is C20H25NO. The summed E-state index contributed by atoms with van der Waals surface area (Å²) in [6.45, 7) is 0. The maximum absolute atomic E-state index is 11.1. The van der Waals surface area contributed by atoms with Crippen LogP contribution in [0.3, 0.4) is 0 Å². The molecule has 1 aliphatic rings. The number of aliphatic hydroxyl groups is 1. The quantitative estimate of drug-likeness (QED) is 0.928. The monoisotopic (exact) mass is 295 g/mol. The predicted molar refractivity (Wildman–Crippen MR) is 90.6 cm³/mol. The second kappa shape index (κ2) is 5.86. The zero-order chi connectivity index (χ0) is 15.6. The molecule has 0 saturated heterocycles. The maximum atomic E-state index is 11.1. The minimum absolute atomic E-state index is 0.0300. The van der Waals surface area contributed by atoms with Crippen LogP contribution in [0.2, 0.25) is 0 Å². The van der Waals surface area contributed by atoms with Crippen molar-refractivity contribution in [1.29, 1.82) is 0 Å². The summed E-state index contributed by atoms with van der Waals surface area (Å²) in [5.41, 5.74) is 1.75. The Morgan fingerprint density at radius 1 is 0.727 bits per heavy atom. The lowest BCUT2D eigenvalue weighted by Gasteiger charge is -2.48. The Morgan fingerprint density at radius 2 is 1.18 bits per heavy atom. The van der Waals surface area contributed by atoms with E-state index in [9.17, 15) is 5.11 Å². The molecule has 0 bridgehead atoms. The topological polar surface area (TPSA) is 23.5 Å². The van der Waals surface area contributed by atoms with Crippen LogP contribution < -0.4 is 0 Å². The highest BCUT2D eigenvalue weighted by Gasteiger charge is 2.44. The number of nitrogens with zero attached hydrogens (tertiary/aromatic N) is 1. The van der Waals surface area contributed by atoms with Gasteiger partial charge in [0.15, 0.2) is 0 Å². The van der Waals surface area contributed by atoms with Crippen LogP contribution >= 0.6 is 0 Å². The molecule has 0 spiro atoms. The van der Waals surface area contributed by atoms with E-state index in [2.05, 4.69) is 49.3 Å². The first-order chi connectivity index (χ1) is 10.6. The molecule has 22 heavy (non-hydrogen) atoms. The van der Waals surface area contributed by atoms with E-state index in [1.54, 1.807) is 0 Å². The maximum Gasteiger partial charge on any atom is 0.0898 e. The van der Waals surface area contributed by atoms with Crippen LogP contribution in [-0.2, 0) is 11.1 Å². The van der Waals surface area contributed by atoms with E-state index < -0.39 is 5.60 Å². The van der Waals surface area contributed by atoms with E-state index in [0.29, 0.717) is 0 Å². The Balaban J connectivity index is 1.88. The van der Waals surface area contributed by atoms with Crippen molar-refractivity contribution in [3.63, 3.8) is 0 Å². The molecular weight excluding hydrogens is 270 g/mol. The van der Waals surface area contributed by atoms with Crippen LogP contribution in [0.15, 0.2) is 60.7 Å². The molecule has 1 N–H and O–H groups in total. The van der Waals surface area contributed by atoms with Gasteiger partial charge in [-0.25, -0.2) is 0 Å². The van der Waals surface area contributed by atoms with Gasteiger partial charge in [0.25, 0.3) is 0 Å². The standard InChI is InChI=1S/C20H25NO/c1-21(2)19(17-9-5-3-6-10-17)13-15-20(22,16-14-19)18-11-7-4-8-12-18/h3-12,22H,13-16H2,1-2H3. The van der Waals surface area contributed by atoms with Crippen molar-refractivity contribution in [2.75, 3.05) is 14.1 Å². The minimum Gasteiger partial charge on any atom is -0.385 e. The summed E-state index contributed by atoms with van der Waals surface area (Å²) in [5, 5.41) is 11.1. The lowest BCUT2D eigenvalue weighted by atomic mass is 9.68. The van der Waals surface area contributed by atoms with Crippen molar-refractivity contribution >= 4 is 0 Å². The van der Waals surface area contributed by atoms with Gasteiger partial charge in [0.2, 0.25) is 0 Å². The number of hydrogen-bond donors (Lipinski definition) is 1. The second-order valence-corrected chi connectivity index (χ2v) is 6.69. The van der Waals surface area contributed by atoms with Gasteiger partial charge in [-0.1, -0.05) is 60.7 Å². The highest BCUT2D eigenvalue weighted by atomic mass is 16.3. The largest absolute Gasteiger partial charge is 0.385 e. The lowest BCUT2D eigenvalue weighted by molar-refractivity contribution is -0.0508. The normalized spacial score (nSPS) is 28.7. The zero-order valence-electron chi connectivity index (χ0n) is 13.5. The Labute approximate surface area is 133 Å². The molecule has 0 atom stereocenters. The molecule has 116 valence electrons. The predicted octanol–water partition coefficient (Wildman–Crippen LogP) is 3.91. The van der Waals surface area contributed by atoms with E-state index in [1.807, 2.05) is 30.3 Å². The van der Waals surface area contributed by atoms with Crippen LogP contribution in [0.5, 0.6) is 0 Å². The van der Waals surface area contributed by atoms with Crippen molar-refractivity contribution < 1.29 is 5.11 Å². The highest BCUT2D eigenvalue weighted by Crippen LogP contribution is 2.47. The molecule has 2 heteroatoms. The Hall–Kier alpha value is -1.64. The Bertz CT molecular complexity index is 598. The van der Waals surface area contributed by atoms with Crippen molar-refractivity contribution in [3.05, 3.63) is 71.8 Å². The summed E-state index contributed by atoms with van der Waals surface area (Å²) in [7, 11) is 4.31. The summed E-state index contributed by atoms with van der Waals surface area (Å²) in [5.74, 6) is 0. The molecule has 0 radical (unpaired) electrons. The molecule has 3 rings (SSSR count). The molecule has 0 aliphatic heterocycles. The van der Waals surface area contributed by atoms with E-state index in [-0.39, 0.29) is 5.54 Å². The van der Waals surface area contributed by atoms with Gasteiger partial charge in [-0.2, -0.15) is 0 Å². The molecule has 0 amide bonds. The summed E-state index contributed by atoms with van der Waals surface area (Å²) in [4.78, 5) is 2.33. The van der Waals surface area contributed by atoms with Crippen molar-refractivity contribution in [2.24, 2.45) is 0 Å². The van der Waals surface area contributed by atoms with Gasteiger partial charge in [-0.05, 0) is 50.9 Å². The molecule has 1 fully saturated rings.